The Morgan fingerprint density at radius 3 is 2.26 bits per heavy atom. The molecule has 108 valence electrons. The van der Waals surface area contributed by atoms with Crippen LogP contribution in [0.1, 0.15) is 32.6 Å². The summed E-state index contributed by atoms with van der Waals surface area (Å²) in [5, 5.41) is 16.7. The topological polar surface area (TPSA) is 108 Å². The summed E-state index contributed by atoms with van der Waals surface area (Å²) in [5.41, 5.74) is -0.844. The summed E-state index contributed by atoms with van der Waals surface area (Å²) < 4.78 is 0. The standard InChI is InChI=1S/C12H21N3O4/c1-2-13-9(16)7-14-11(19)15-8-12(10(17)18)5-3-4-6-12/h2-8H2,1H3,(H,13,16)(H,17,18)(H2,14,15,19). The highest BCUT2D eigenvalue weighted by Crippen LogP contribution is 2.37. The van der Waals surface area contributed by atoms with Crippen LogP contribution in [0.15, 0.2) is 0 Å². The fourth-order valence-electron chi connectivity index (χ4n) is 2.25. The number of rotatable bonds is 6. The molecule has 0 bridgehead atoms. The second-order valence-electron chi connectivity index (χ2n) is 4.78. The Bertz CT molecular complexity index is 351. The molecule has 3 amide bonds. The molecule has 0 aliphatic heterocycles. The molecule has 0 heterocycles. The van der Waals surface area contributed by atoms with Crippen molar-refractivity contribution in [2.24, 2.45) is 5.41 Å². The minimum atomic E-state index is -0.867. The molecule has 0 spiro atoms. The second kappa shape index (κ2) is 6.96. The Labute approximate surface area is 112 Å². The van der Waals surface area contributed by atoms with Gasteiger partial charge in [-0.25, -0.2) is 4.79 Å². The molecule has 0 aromatic heterocycles. The van der Waals surface area contributed by atoms with E-state index < -0.39 is 17.4 Å². The fraction of sp³-hybridized carbons (Fsp3) is 0.750. The molecule has 7 heteroatoms. The fourth-order valence-corrected chi connectivity index (χ4v) is 2.25. The zero-order valence-corrected chi connectivity index (χ0v) is 11.1. The lowest BCUT2D eigenvalue weighted by Crippen LogP contribution is -2.47. The molecule has 1 rings (SSSR count). The Morgan fingerprint density at radius 1 is 1.11 bits per heavy atom. The molecule has 19 heavy (non-hydrogen) atoms. The number of carbonyl (C=O) groups excluding carboxylic acids is 2. The highest BCUT2D eigenvalue weighted by Gasteiger charge is 2.41. The molecule has 0 unspecified atom stereocenters. The normalized spacial score (nSPS) is 16.7. The van der Waals surface area contributed by atoms with Gasteiger partial charge < -0.3 is 21.1 Å². The predicted molar refractivity (Wildman–Crippen MR) is 68.6 cm³/mol. The summed E-state index contributed by atoms with van der Waals surface area (Å²) in [5.74, 6) is -1.14. The van der Waals surface area contributed by atoms with Crippen LogP contribution in [0.4, 0.5) is 4.79 Å². The number of likely N-dealkylation sites (N-methyl/N-ethyl adjacent to an activating group) is 1. The number of aliphatic carboxylic acids is 1. The van der Waals surface area contributed by atoms with Crippen molar-refractivity contribution in [3.8, 4) is 0 Å². The van der Waals surface area contributed by atoms with Gasteiger partial charge in [0, 0.05) is 13.1 Å². The van der Waals surface area contributed by atoms with Crippen molar-refractivity contribution in [3.63, 3.8) is 0 Å². The Morgan fingerprint density at radius 2 is 1.74 bits per heavy atom. The third kappa shape index (κ3) is 4.42. The third-order valence-corrected chi connectivity index (χ3v) is 3.39. The molecule has 4 N–H and O–H groups in total. The lowest BCUT2D eigenvalue weighted by molar-refractivity contribution is -0.148. The van der Waals surface area contributed by atoms with Gasteiger partial charge in [0.05, 0.1) is 12.0 Å². The van der Waals surface area contributed by atoms with Crippen LogP contribution < -0.4 is 16.0 Å². The number of nitrogens with one attached hydrogen (secondary N) is 3. The highest BCUT2D eigenvalue weighted by molar-refractivity contribution is 5.84. The highest BCUT2D eigenvalue weighted by atomic mass is 16.4. The van der Waals surface area contributed by atoms with Crippen molar-refractivity contribution < 1.29 is 19.5 Å². The third-order valence-electron chi connectivity index (χ3n) is 3.39. The van der Waals surface area contributed by atoms with E-state index in [0.717, 1.165) is 12.8 Å². The molecule has 1 aliphatic rings. The number of hydrogen-bond acceptors (Lipinski definition) is 3. The van der Waals surface area contributed by atoms with Crippen LogP contribution >= 0.6 is 0 Å². The Balaban J connectivity index is 2.33. The van der Waals surface area contributed by atoms with Crippen molar-refractivity contribution in [1.29, 1.82) is 0 Å². The van der Waals surface area contributed by atoms with Gasteiger partial charge in [-0.1, -0.05) is 12.8 Å². The quantitative estimate of drug-likeness (QED) is 0.548. The van der Waals surface area contributed by atoms with Crippen LogP contribution in [0.2, 0.25) is 0 Å². The van der Waals surface area contributed by atoms with E-state index in [9.17, 15) is 19.5 Å². The van der Waals surface area contributed by atoms with Crippen LogP contribution in [0.25, 0.3) is 0 Å². The van der Waals surface area contributed by atoms with Crippen molar-refractivity contribution in [3.05, 3.63) is 0 Å². The molecule has 0 aromatic carbocycles. The number of hydrogen-bond donors (Lipinski definition) is 4. The summed E-state index contributed by atoms with van der Waals surface area (Å²) in [6, 6.07) is -0.515. The number of carboxylic acids is 1. The smallest absolute Gasteiger partial charge is 0.315 e. The monoisotopic (exact) mass is 271 g/mol. The maximum Gasteiger partial charge on any atom is 0.315 e. The average Bonchev–Trinajstić information content (AvgIpc) is 2.84. The molecule has 7 nitrogen and oxygen atoms in total. The molecule has 0 aromatic rings. The molecule has 1 aliphatic carbocycles. The van der Waals surface area contributed by atoms with Crippen LogP contribution in [-0.2, 0) is 9.59 Å². The number of amides is 3. The van der Waals surface area contributed by atoms with Crippen molar-refractivity contribution >= 4 is 17.9 Å². The molecule has 1 fully saturated rings. The lowest BCUT2D eigenvalue weighted by Gasteiger charge is -2.23. The first-order chi connectivity index (χ1) is 9.00. The molecular weight excluding hydrogens is 250 g/mol. The van der Waals surface area contributed by atoms with E-state index >= 15 is 0 Å². The zero-order chi connectivity index (χ0) is 14.3. The van der Waals surface area contributed by atoms with E-state index in [2.05, 4.69) is 16.0 Å². The number of carbonyl (C=O) groups is 3. The van der Waals surface area contributed by atoms with E-state index in [1.807, 2.05) is 0 Å². The maximum absolute atomic E-state index is 11.5. The lowest BCUT2D eigenvalue weighted by atomic mass is 9.86. The summed E-state index contributed by atoms with van der Waals surface area (Å²) in [7, 11) is 0. The van der Waals surface area contributed by atoms with Gasteiger partial charge in [0.2, 0.25) is 5.91 Å². The van der Waals surface area contributed by atoms with Gasteiger partial charge in [-0.3, -0.25) is 9.59 Å². The van der Waals surface area contributed by atoms with Crippen LogP contribution in [0, 0.1) is 5.41 Å². The first-order valence-corrected chi connectivity index (χ1v) is 6.52. The summed E-state index contributed by atoms with van der Waals surface area (Å²) >= 11 is 0. The van der Waals surface area contributed by atoms with Gasteiger partial charge >= 0.3 is 12.0 Å². The second-order valence-corrected chi connectivity index (χ2v) is 4.78. The minimum Gasteiger partial charge on any atom is -0.481 e. The Kier molecular flexibility index (Phi) is 5.59. The van der Waals surface area contributed by atoms with Gasteiger partial charge in [0.15, 0.2) is 0 Å². The average molecular weight is 271 g/mol. The minimum absolute atomic E-state index is 0.101. The van der Waals surface area contributed by atoms with E-state index in [4.69, 9.17) is 0 Å². The molecule has 0 saturated heterocycles. The Hall–Kier alpha value is -1.79. The van der Waals surface area contributed by atoms with Gasteiger partial charge in [0.1, 0.15) is 0 Å². The molecule has 1 saturated carbocycles. The summed E-state index contributed by atoms with van der Waals surface area (Å²) in [6.45, 7) is 2.28. The van der Waals surface area contributed by atoms with Gasteiger partial charge in [-0.15, -0.1) is 0 Å². The van der Waals surface area contributed by atoms with E-state index in [1.54, 1.807) is 6.92 Å². The largest absolute Gasteiger partial charge is 0.481 e. The number of carboxylic acid groups (broad SMARTS) is 1. The predicted octanol–water partition coefficient (Wildman–Crippen LogP) is 0.0667. The van der Waals surface area contributed by atoms with E-state index in [1.165, 1.54) is 0 Å². The maximum atomic E-state index is 11.5. The SMILES string of the molecule is CCNC(=O)CNC(=O)NCC1(C(=O)O)CCCC1. The zero-order valence-electron chi connectivity index (χ0n) is 11.1. The summed E-state index contributed by atoms with van der Waals surface area (Å²) in [6.07, 6.45) is 2.90. The van der Waals surface area contributed by atoms with Crippen molar-refractivity contribution in [2.75, 3.05) is 19.6 Å². The van der Waals surface area contributed by atoms with E-state index in [0.29, 0.717) is 19.4 Å². The first-order valence-electron chi connectivity index (χ1n) is 6.52. The van der Waals surface area contributed by atoms with E-state index in [-0.39, 0.29) is 19.0 Å². The molecule has 0 atom stereocenters. The van der Waals surface area contributed by atoms with Crippen LogP contribution in [0.5, 0.6) is 0 Å². The number of urea groups is 1. The van der Waals surface area contributed by atoms with Crippen LogP contribution in [-0.4, -0.2) is 42.6 Å². The summed E-state index contributed by atoms with van der Waals surface area (Å²) in [4.78, 5) is 33.9. The van der Waals surface area contributed by atoms with Crippen molar-refractivity contribution in [1.82, 2.24) is 16.0 Å². The van der Waals surface area contributed by atoms with Gasteiger partial charge in [0.25, 0.3) is 0 Å². The van der Waals surface area contributed by atoms with Crippen LogP contribution in [0.3, 0.4) is 0 Å². The van der Waals surface area contributed by atoms with Gasteiger partial charge in [-0.05, 0) is 19.8 Å². The molecule has 0 radical (unpaired) electrons. The first kappa shape index (κ1) is 15.3. The van der Waals surface area contributed by atoms with Crippen molar-refractivity contribution in [2.45, 2.75) is 32.6 Å². The molecular formula is C12H21N3O4. The van der Waals surface area contributed by atoms with Gasteiger partial charge in [-0.2, -0.15) is 0 Å².